The molecule has 0 saturated carbocycles. The lowest BCUT2D eigenvalue weighted by atomic mass is 9.80. The van der Waals surface area contributed by atoms with Gasteiger partial charge in [0.1, 0.15) is 0 Å². The summed E-state index contributed by atoms with van der Waals surface area (Å²) in [5.74, 6) is 0.267. The van der Waals surface area contributed by atoms with E-state index in [1.54, 1.807) is 6.20 Å². The van der Waals surface area contributed by atoms with Gasteiger partial charge < -0.3 is 5.11 Å². The van der Waals surface area contributed by atoms with Crippen molar-refractivity contribution in [3.8, 4) is 0 Å². The molecule has 0 saturated heterocycles. The molecule has 106 valence electrons. The fraction of sp³-hybridized carbons (Fsp3) is 0.438. The number of aromatic nitrogens is 2. The zero-order valence-electron chi connectivity index (χ0n) is 11.6. The van der Waals surface area contributed by atoms with Crippen LogP contribution in [0.25, 0.3) is 0 Å². The van der Waals surface area contributed by atoms with Crippen LogP contribution in [0.3, 0.4) is 0 Å². The van der Waals surface area contributed by atoms with E-state index < -0.39 is 6.10 Å². The van der Waals surface area contributed by atoms with Crippen molar-refractivity contribution in [2.45, 2.75) is 38.8 Å². The van der Waals surface area contributed by atoms with Crippen molar-refractivity contribution in [2.24, 2.45) is 5.92 Å². The second-order valence-corrected chi connectivity index (χ2v) is 6.26. The first-order valence-corrected chi connectivity index (χ1v) is 7.96. The summed E-state index contributed by atoms with van der Waals surface area (Å²) in [6, 6.07) is 8.56. The number of fused-ring (bicyclic) bond motifs is 1. The normalized spacial score (nSPS) is 19.6. The first kappa shape index (κ1) is 13.8. The van der Waals surface area contributed by atoms with Gasteiger partial charge >= 0.3 is 0 Å². The maximum absolute atomic E-state index is 10.8. The van der Waals surface area contributed by atoms with E-state index in [0.29, 0.717) is 0 Å². The highest BCUT2D eigenvalue weighted by Crippen LogP contribution is 2.36. The van der Waals surface area contributed by atoms with Crippen molar-refractivity contribution in [3.63, 3.8) is 0 Å². The molecular weight excluding hydrogens is 316 g/mol. The Morgan fingerprint density at radius 1 is 1.40 bits per heavy atom. The minimum Gasteiger partial charge on any atom is -0.386 e. The maximum Gasteiger partial charge on any atom is 0.0999 e. The standard InChI is InChI=1S/C16H19BrN2O/c1-2-19-15(14(17)10-18-19)16(20)13-8-7-11-5-3-4-6-12(11)9-13/h3-6,10,13,16,20H,2,7-9H2,1H3. The van der Waals surface area contributed by atoms with Gasteiger partial charge in [0.15, 0.2) is 0 Å². The Kier molecular flexibility index (Phi) is 3.94. The van der Waals surface area contributed by atoms with E-state index in [1.165, 1.54) is 11.1 Å². The monoisotopic (exact) mass is 334 g/mol. The zero-order chi connectivity index (χ0) is 14.1. The molecule has 0 radical (unpaired) electrons. The highest BCUT2D eigenvalue weighted by atomic mass is 79.9. The predicted molar refractivity (Wildman–Crippen MR) is 82.5 cm³/mol. The molecule has 2 atom stereocenters. The maximum atomic E-state index is 10.8. The molecule has 2 aromatic rings. The summed E-state index contributed by atoms with van der Waals surface area (Å²) in [5.41, 5.74) is 3.72. The van der Waals surface area contributed by atoms with E-state index in [-0.39, 0.29) is 5.92 Å². The Morgan fingerprint density at radius 2 is 2.15 bits per heavy atom. The summed E-state index contributed by atoms with van der Waals surface area (Å²) < 4.78 is 2.79. The van der Waals surface area contributed by atoms with Crippen LogP contribution in [0.2, 0.25) is 0 Å². The number of aliphatic hydroxyl groups excluding tert-OH is 1. The summed E-state index contributed by atoms with van der Waals surface area (Å²) in [6.07, 6.45) is 4.34. The SMILES string of the molecule is CCn1ncc(Br)c1C(O)C1CCc2ccccc2C1. The van der Waals surface area contributed by atoms with Gasteiger partial charge in [0, 0.05) is 6.54 Å². The van der Waals surface area contributed by atoms with Crippen LogP contribution in [-0.2, 0) is 19.4 Å². The number of rotatable bonds is 3. The molecule has 1 aromatic carbocycles. The third kappa shape index (κ3) is 2.42. The molecule has 3 nitrogen and oxygen atoms in total. The zero-order valence-corrected chi connectivity index (χ0v) is 13.2. The smallest absolute Gasteiger partial charge is 0.0999 e. The number of hydrogen-bond donors (Lipinski definition) is 1. The van der Waals surface area contributed by atoms with Crippen LogP contribution in [0.5, 0.6) is 0 Å². The van der Waals surface area contributed by atoms with Crippen LogP contribution in [0, 0.1) is 5.92 Å². The molecule has 0 aliphatic heterocycles. The van der Waals surface area contributed by atoms with Gasteiger partial charge in [0.25, 0.3) is 0 Å². The minimum absolute atomic E-state index is 0.267. The Hall–Kier alpha value is -1.13. The van der Waals surface area contributed by atoms with Gasteiger partial charge in [-0.2, -0.15) is 5.10 Å². The van der Waals surface area contributed by atoms with Gasteiger partial charge in [0.05, 0.1) is 22.5 Å². The lowest BCUT2D eigenvalue weighted by Gasteiger charge is -2.29. The second kappa shape index (κ2) is 5.70. The second-order valence-electron chi connectivity index (χ2n) is 5.41. The third-order valence-electron chi connectivity index (χ3n) is 4.24. The lowest BCUT2D eigenvalue weighted by molar-refractivity contribution is 0.0901. The molecule has 1 aromatic heterocycles. The molecule has 0 bridgehead atoms. The molecule has 1 aliphatic rings. The third-order valence-corrected chi connectivity index (χ3v) is 4.86. The fourth-order valence-corrected chi connectivity index (χ4v) is 3.67. The summed E-state index contributed by atoms with van der Waals surface area (Å²) in [6.45, 7) is 2.83. The Morgan fingerprint density at radius 3 is 2.90 bits per heavy atom. The van der Waals surface area contributed by atoms with Crippen molar-refractivity contribution in [3.05, 3.63) is 51.8 Å². The molecule has 1 N–H and O–H groups in total. The first-order valence-electron chi connectivity index (χ1n) is 7.16. The Labute approximate surface area is 127 Å². The largest absolute Gasteiger partial charge is 0.386 e. The number of halogens is 1. The van der Waals surface area contributed by atoms with Gasteiger partial charge in [-0.1, -0.05) is 24.3 Å². The number of aliphatic hydroxyl groups is 1. The molecule has 1 aliphatic carbocycles. The Bertz CT molecular complexity index is 608. The van der Waals surface area contributed by atoms with Crippen LogP contribution >= 0.6 is 15.9 Å². The van der Waals surface area contributed by atoms with Crippen molar-refractivity contribution < 1.29 is 5.11 Å². The van der Waals surface area contributed by atoms with Crippen molar-refractivity contribution in [1.82, 2.24) is 9.78 Å². The van der Waals surface area contributed by atoms with Crippen molar-refractivity contribution in [2.75, 3.05) is 0 Å². The molecule has 0 amide bonds. The molecule has 0 fully saturated rings. The van der Waals surface area contributed by atoms with Crippen molar-refractivity contribution in [1.29, 1.82) is 0 Å². The lowest BCUT2D eigenvalue weighted by Crippen LogP contribution is -2.23. The van der Waals surface area contributed by atoms with Gasteiger partial charge in [-0.15, -0.1) is 0 Å². The molecule has 20 heavy (non-hydrogen) atoms. The summed E-state index contributed by atoms with van der Waals surface area (Å²) in [5, 5.41) is 15.1. The molecule has 3 rings (SSSR count). The topological polar surface area (TPSA) is 38.0 Å². The van der Waals surface area contributed by atoms with Crippen LogP contribution in [-0.4, -0.2) is 14.9 Å². The van der Waals surface area contributed by atoms with E-state index in [2.05, 4.69) is 45.3 Å². The summed E-state index contributed by atoms with van der Waals surface area (Å²) >= 11 is 3.51. The highest BCUT2D eigenvalue weighted by Gasteiger charge is 2.29. The van der Waals surface area contributed by atoms with E-state index >= 15 is 0 Å². The fourth-order valence-electron chi connectivity index (χ4n) is 3.14. The molecule has 1 heterocycles. The van der Waals surface area contributed by atoms with Gasteiger partial charge in [-0.25, -0.2) is 0 Å². The van der Waals surface area contributed by atoms with Crippen LogP contribution in [0.15, 0.2) is 34.9 Å². The number of aryl methyl sites for hydroxylation is 2. The van der Waals surface area contributed by atoms with Gasteiger partial charge in [-0.05, 0) is 59.2 Å². The van der Waals surface area contributed by atoms with Gasteiger partial charge in [0.2, 0.25) is 0 Å². The average Bonchev–Trinajstić information content (AvgIpc) is 2.87. The molecular formula is C16H19BrN2O. The molecule has 0 spiro atoms. The van der Waals surface area contributed by atoms with E-state index in [4.69, 9.17) is 0 Å². The minimum atomic E-state index is -0.458. The summed E-state index contributed by atoms with van der Waals surface area (Å²) in [4.78, 5) is 0. The molecule has 2 unspecified atom stereocenters. The average molecular weight is 335 g/mol. The first-order chi connectivity index (χ1) is 9.70. The number of benzene rings is 1. The quantitative estimate of drug-likeness (QED) is 0.932. The van der Waals surface area contributed by atoms with E-state index in [1.807, 2.05) is 11.6 Å². The van der Waals surface area contributed by atoms with Crippen molar-refractivity contribution >= 4 is 15.9 Å². The van der Waals surface area contributed by atoms with E-state index in [0.717, 1.165) is 36.0 Å². The van der Waals surface area contributed by atoms with Crippen LogP contribution < -0.4 is 0 Å². The van der Waals surface area contributed by atoms with E-state index in [9.17, 15) is 5.11 Å². The summed E-state index contributed by atoms with van der Waals surface area (Å²) in [7, 11) is 0. The Balaban J connectivity index is 1.85. The van der Waals surface area contributed by atoms with Gasteiger partial charge in [-0.3, -0.25) is 4.68 Å². The van der Waals surface area contributed by atoms with Crippen LogP contribution in [0.4, 0.5) is 0 Å². The number of hydrogen-bond acceptors (Lipinski definition) is 2. The van der Waals surface area contributed by atoms with Crippen LogP contribution in [0.1, 0.15) is 36.3 Å². The number of nitrogens with zero attached hydrogens (tertiary/aromatic N) is 2. The predicted octanol–water partition coefficient (Wildman–Crippen LogP) is 3.50. The molecule has 4 heteroatoms. The highest BCUT2D eigenvalue weighted by molar-refractivity contribution is 9.10.